The van der Waals surface area contributed by atoms with Crippen molar-refractivity contribution in [2.45, 2.75) is 356 Å². The second-order valence-corrected chi connectivity index (χ2v) is 23.1. The molecule has 0 amide bonds. The van der Waals surface area contributed by atoms with Crippen molar-refractivity contribution in [3.05, 3.63) is 11.6 Å². The van der Waals surface area contributed by atoms with Crippen LogP contribution >= 0.6 is 0 Å². The van der Waals surface area contributed by atoms with Crippen LogP contribution in [0.3, 0.4) is 0 Å². The number of unbranched alkanes of at least 4 members (excludes halogenated alkanes) is 45. The quantitative estimate of drug-likeness (QED) is 0.0366. The van der Waals surface area contributed by atoms with Crippen LogP contribution in [0.25, 0.3) is 6.08 Å². The molecule has 452 valence electrons. The van der Waals surface area contributed by atoms with Gasteiger partial charge in [0.1, 0.15) is 0 Å². The smallest absolute Gasteiger partial charge is 0.330 e. The Kier molecular flexibility index (Phi) is 54.7. The first kappa shape index (κ1) is 72.4. The van der Waals surface area contributed by atoms with Gasteiger partial charge in [-0.25, -0.2) is 4.79 Å². The highest BCUT2D eigenvalue weighted by Crippen LogP contribution is 2.55. The first-order chi connectivity index (χ1) is 38.1. The number of carbonyl (C=O) groups excluding carboxylic acids is 1. The number of hydrogen-bond donors (Lipinski definition) is 0. The second-order valence-electron chi connectivity index (χ2n) is 23.1. The first-order valence-electron chi connectivity index (χ1n) is 34.2. The first-order valence-corrected chi connectivity index (χ1v) is 34.2. The maximum Gasteiger partial charge on any atom is 0.330 e. The largest absolute Gasteiger partial charge is 0.489 e. The average molecular weight is 1080 g/mol. The van der Waals surface area contributed by atoms with Gasteiger partial charge < -0.3 is 28.4 Å². The standard InChI is InChI=1S/C70H130O7/c1-7-12-17-22-27-32-37-42-47-52-59-73-66-64(57-58-65(71)72-6)67(74-60-53-48-43-38-33-28-23-18-13-8-2)69(76-62-55-50-45-40-35-30-25-20-15-10-4)70(77-63-56-51-46-41-36-31-26-21-16-11-5)68(66)75-61-54-49-44-39-34-29-24-19-14-9-3/h57-58H,7-56,59-63H2,1-6H3. The molecule has 0 unspecified atom stereocenters. The number of hydrogen-bond acceptors (Lipinski definition) is 7. The Morgan fingerprint density at radius 1 is 0.260 bits per heavy atom. The van der Waals surface area contributed by atoms with Crippen molar-refractivity contribution in [2.75, 3.05) is 40.1 Å². The molecule has 0 saturated carbocycles. The van der Waals surface area contributed by atoms with Gasteiger partial charge in [-0.15, -0.1) is 0 Å². The van der Waals surface area contributed by atoms with E-state index in [1.807, 2.05) is 6.08 Å². The Hall–Kier alpha value is -2.57. The van der Waals surface area contributed by atoms with Crippen LogP contribution in [0.5, 0.6) is 28.7 Å². The molecule has 1 aromatic rings. The lowest BCUT2D eigenvalue weighted by atomic mass is 10.1. The molecule has 7 heteroatoms. The molecule has 0 N–H and O–H groups in total. The highest BCUT2D eigenvalue weighted by molar-refractivity contribution is 5.90. The molecule has 7 nitrogen and oxygen atoms in total. The summed E-state index contributed by atoms with van der Waals surface area (Å²) in [6.07, 6.45) is 66.2. The lowest BCUT2D eigenvalue weighted by Gasteiger charge is -2.25. The van der Waals surface area contributed by atoms with Gasteiger partial charge in [-0.1, -0.05) is 324 Å². The molecule has 0 saturated heterocycles. The highest BCUT2D eigenvalue weighted by atomic mass is 16.6. The van der Waals surface area contributed by atoms with Crippen molar-refractivity contribution >= 4 is 12.0 Å². The topological polar surface area (TPSA) is 72.5 Å². The van der Waals surface area contributed by atoms with Crippen molar-refractivity contribution in [1.29, 1.82) is 0 Å². The average Bonchev–Trinajstić information content (AvgIpc) is 3.44. The molecule has 77 heavy (non-hydrogen) atoms. The van der Waals surface area contributed by atoms with Crippen LogP contribution in [-0.2, 0) is 9.53 Å². The maximum absolute atomic E-state index is 13.0. The van der Waals surface area contributed by atoms with Crippen molar-refractivity contribution in [1.82, 2.24) is 0 Å². The third kappa shape index (κ3) is 42.9. The number of rotatable bonds is 62. The summed E-state index contributed by atoms with van der Waals surface area (Å²) in [5.74, 6) is 2.55. The molecule has 0 aliphatic carbocycles. The van der Waals surface area contributed by atoms with Gasteiger partial charge in [-0.05, 0) is 38.2 Å². The van der Waals surface area contributed by atoms with E-state index >= 15 is 0 Å². The Bertz CT molecular complexity index is 1350. The molecule has 0 aliphatic rings. The molecular formula is C70H130O7. The van der Waals surface area contributed by atoms with Gasteiger partial charge in [0.05, 0.1) is 45.7 Å². The minimum Gasteiger partial charge on any atom is -0.489 e. The Morgan fingerprint density at radius 2 is 0.429 bits per heavy atom. The van der Waals surface area contributed by atoms with Gasteiger partial charge in [0.15, 0.2) is 11.5 Å². The van der Waals surface area contributed by atoms with Gasteiger partial charge in [0.25, 0.3) is 0 Å². The molecule has 0 aliphatic heterocycles. The van der Waals surface area contributed by atoms with E-state index in [2.05, 4.69) is 34.6 Å². The summed E-state index contributed by atoms with van der Waals surface area (Å²) < 4.78 is 40.1. The predicted molar refractivity (Wildman–Crippen MR) is 334 cm³/mol. The summed E-state index contributed by atoms with van der Waals surface area (Å²) in [7, 11) is 1.43. The molecule has 0 radical (unpaired) electrons. The van der Waals surface area contributed by atoms with E-state index in [1.54, 1.807) is 0 Å². The van der Waals surface area contributed by atoms with Crippen LogP contribution < -0.4 is 23.7 Å². The minimum absolute atomic E-state index is 0.423. The summed E-state index contributed by atoms with van der Waals surface area (Å²) in [6, 6.07) is 0. The molecule has 1 rings (SSSR count). The van der Waals surface area contributed by atoms with E-state index in [0.29, 0.717) is 67.3 Å². The van der Waals surface area contributed by atoms with Crippen LogP contribution in [0, 0.1) is 0 Å². The summed E-state index contributed by atoms with van der Waals surface area (Å²) in [5.41, 5.74) is 0.678. The molecule has 0 atom stereocenters. The molecular weight excluding hydrogens is 953 g/mol. The fourth-order valence-corrected chi connectivity index (χ4v) is 10.5. The van der Waals surface area contributed by atoms with Crippen LogP contribution in [0.4, 0.5) is 0 Å². The molecule has 1 aromatic carbocycles. The lowest BCUT2D eigenvalue weighted by molar-refractivity contribution is -0.134. The van der Waals surface area contributed by atoms with E-state index in [4.69, 9.17) is 28.4 Å². The molecule has 0 fully saturated rings. The van der Waals surface area contributed by atoms with E-state index in [9.17, 15) is 4.79 Å². The predicted octanol–water partition coefficient (Wildman–Crippen LogP) is 23.4. The molecule has 0 heterocycles. The number of carbonyl (C=O) groups is 1. The Labute approximate surface area is 479 Å². The number of methoxy groups -OCH3 is 1. The van der Waals surface area contributed by atoms with Gasteiger partial charge in [0, 0.05) is 6.08 Å². The fourth-order valence-electron chi connectivity index (χ4n) is 10.5. The number of esters is 1. The van der Waals surface area contributed by atoms with E-state index in [-0.39, 0.29) is 0 Å². The maximum atomic E-state index is 13.0. The van der Waals surface area contributed by atoms with Crippen LogP contribution in [0.15, 0.2) is 6.08 Å². The Balaban J connectivity index is 3.64. The van der Waals surface area contributed by atoms with Crippen LogP contribution in [0.1, 0.15) is 361 Å². The Morgan fingerprint density at radius 3 is 0.623 bits per heavy atom. The van der Waals surface area contributed by atoms with Gasteiger partial charge in [-0.2, -0.15) is 0 Å². The number of benzene rings is 1. The second kappa shape index (κ2) is 58.1. The monoisotopic (exact) mass is 1080 g/mol. The van der Waals surface area contributed by atoms with E-state index in [0.717, 1.165) is 64.2 Å². The molecule has 0 bridgehead atoms. The zero-order chi connectivity index (χ0) is 55.6. The zero-order valence-electron chi connectivity index (χ0n) is 52.4. The van der Waals surface area contributed by atoms with Gasteiger partial charge in [0.2, 0.25) is 17.2 Å². The van der Waals surface area contributed by atoms with Crippen molar-refractivity contribution in [3.63, 3.8) is 0 Å². The molecule has 0 spiro atoms. The van der Waals surface area contributed by atoms with Crippen LogP contribution in [0.2, 0.25) is 0 Å². The fraction of sp³-hybridized carbons (Fsp3) is 0.871. The number of ether oxygens (including phenoxy) is 6. The zero-order valence-corrected chi connectivity index (χ0v) is 52.4. The molecule has 0 aromatic heterocycles. The third-order valence-electron chi connectivity index (χ3n) is 15.6. The minimum atomic E-state index is -0.423. The van der Waals surface area contributed by atoms with Gasteiger partial charge in [-0.3, -0.25) is 0 Å². The van der Waals surface area contributed by atoms with Crippen molar-refractivity contribution < 1.29 is 33.2 Å². The third-order valence-corrected chi connectivity index (χ3v) is 15.6. The summed E-state index contributed by atoms with van der Waals surface area (Å²) in [5, 5.41) is 0. The SMILES string of the molecule is CCCCCCCCCCCCOc1c(C=CC(=O)OC)c(OCCCCCCCCCCCC)c(OCCCCCCCCCCCC)c(OCCCCCCCCCCCC)c1OCCCCCCCCCCCC. The highest BCUT2D eigenvalue weighted by Gasteiger charge is 2.30. The van der Waals surface area contributed by atoms with E-state index < -0.39 is 5.97 Å². The summed E-state index contributed by atoms with van der Waals surface area (Å²) in [6.45, 7) is 14.2. The lowest BCUT2D eigenvalue weighted by Crippen LogP contribution is -2.12. The summed E-state index contributed by atoms with van der Waals surface area (Å²) in [4.78, 5) is 13.0. The van der Waals surface area contributed by atoms with E-state index in [1.165, 1.54) is 270 Å². The normalized spacial score (nSPS) is 11.5. The van der Waals surface area contributed by atoms with Gasteiger partial charge >= 0.3 is 5.97 Å². The summed E-state index contributed by atoms with van der Waals surface area (Å²) >= 11 is 0. The van der Waals surface area contributed by atoms with Crippen molar-refractivity contribution in [2.24, 2.45) is 0 Å². The van der Waals surface area contributed by atoms with Crippen molar-refractivity contribution in [3.8, 4) is 28.7 Å². The van der Waals surface area contributed by atoms with Crippen LogP contribution in [-0.4, -0.2) is 46.1 Å².